The van der Waals surface area contributed by atoms with Gasteiger partial charge in [0.2, 0.25) is 5.95 Å². The summed E-state index contributed by atoms with van der Waals surface area (Å²) >= 11 is 0. The van der Waals surface area contributed by atoms with Crippen molar-refractivity contribution >= 4 is 40.4 Å². The third-order valence-electron chi connectivity index (χ3n) is 5.29. The Bertz CT molecular complexity index is 1270. The lowest BCUT2D eigenvalue weighted by Gasteiger charge is -2.23. The van der Waals surface area contributed by atoms with Crippen LogP contribution in [-0.4, -0.2) is 50.6 Å². The number of carbonyl (C=O) groups is 3. The van der Waals surface area contributed by atoms with Crippen LogP contribution in [0.25, 0.3) is 10.9 Å². The Morgan fingerprint density at radius 3 is 2.47 bits per heavy atom. The molecule has 11 heteroatoms. The summed E-state index contributed by atoms with van der Waals surface area (Å²) < 4.78 is 0. The molecular formula is C23H25N5O6. The number of nitrogens with two attached hydrogens (primary N) is 1. The first-order chi connectivity index (χ1) is 16.2. The van der Waals surface area contributed by atoms with Crippen molar-refractivity contribution in [1.82, 2.24) is 15.3 Å². The van der Waals surface area contributed by atoms with E-state index in [2.05, 4.69) is 15.3 Å². The number of aliphatic carboxylic acids is 2. The van der Waals surface area contributed by atoms with Gasteiger partial charge in [0.1, 0.15) is 6.04 Å². The van der Waals surface area contributed by atoms with Crippen molar-refractivity contribution in [2.24, 2.45) is 0 Å². The third kappa shape index (κ3) is 5.88. The zero-order valence-corrected chi connectivity index (χ0v) is 18.4. The summed E-state index contributed by atoms with van der Waals surface area (Å²) in [5, 5.41) is 20.8. The molecule has 11 nitrogen and oxygen atoms in total. The van der Waals surface area contributed by atoms with E-state index in [1.807, 2.05) is 17.9 Å². The van der Waals surface area contributed by atoms with Gasteiger partial charge in [0.15, 0.2) is 0 Å². The smallest absolute Gasteiger partial charge is 0.326 e. The van der Waals surface area contributed by atoms with E-state index in [-0.39, 0.29) is 29.9 Å². The summed E-state index contributed by atoms with van der Waals surface area (Å²) in [6.07, 6.45) is -0.583. The molecule has 1 amide bonds. The van der Waals surface area contributed by atoms with Gasteiger partial charge in [0.05, 0.1) is 10.9 Å². The number of aromatic amines is 1. The van der Waals surface area contributed by atoms with E-state index in [0.29, 0.717) is 24.0 Å². The standard InChI is InChI=1S/C23H25N5O6/c1-2-28(12-13-3-8-17-16(11-13)21(32)27-23(24)26-17)15-6-4-14(5-7-15)20(31)25-18(22(33)34)9-10-19(29)30/h3-8,11,18H,2,9-10,12H2,1H3,(H,25,31)(H,29,30)(H,33,34)(H3,24,26,27,32)/t18-/m0/s1. The van der Waals surface area contributed by atoms with Gasteiger partial charge in [0.25, 0.3) is 11.5 Å². The number of benzene rings is 2. The van der Waals surface area contributed by atoms with Crippen LogP contribution >= 0.6 is 0 Å². The van der Waals surface area contributed by atoms with Crippen molar-refractivity contribution in [3.8, 4) is 0 Å². The van der Waals surface area contributed by atoms with Crippen molar-refractivity contribution in [2.75, 3.05) is 17.2 Å². The molecule has 0 aliphatic carbocycles. The minimum Gasteiger partial charge on any atom is -0.481 e. The molecule has 0 saturated carbocycles. The molecule has 0 saturated heterocycles. The monoisotopic (exact) mass is 467 g/mol. The van der Waals surface area contributed by atoms with Gasteiger partial charge < -0.3 is 26.2 Å². The third-order valence-corrected chi connectivity index (χ3v) is 5.29. The summed E-state index contributed by atoms with van der Waals surface area (Å²) in [5.74, 6) is -2.98. The molecule has 0 unspecified atom stereocenters. The normalized spacial score (nSPS) is 11.7. The highest BCUT2D eigenvalue weighted by molar-refractivity contribution is 5.97. The summed E-state index contributed by atoms with van der Waals surface area (Å²) in [6, 6.07) is 10.7. The molecule has 0 spiro atoms. The predicted molar refractivity (Wildman–Crippen MR) is 126 cm³/mol. The Morgan fingerprint density at radius 1 is 1.15 bits per heavy atom. The topological polar surface area (TPSA) is 179 Å². The summed E-state index contributed by atoms with van der Waals surface area (Å²) in [5.41, 5.74) is 7.74. The summed E-state index contributed by atoms with van der Waals surface area (Å²) in [4.78, 5) is 55.3. The van der Waals surface area contributed by atoms with E-state index in [1.165, 1.54) is 0 Å². The Morgan fingerprint density at radius 2 is 1.85 bits per heavy atom. The molecule has 1 heterocycles. The van der Waals surface area contributed by atoms with Gasteiger partial charge in [-0.05, 0) is 55.3 Å². The van der Waals surface area contributed by atoms with Crippen LogP contribution in [-0.2, 0) is 16.1 Å². The predicted octanol–water partition coefficient (Wildman–Crippen LogP) is 1.58. The summed E-state index contributed by atoms with van der Waals surface area (Å²) in [6.45, 7) is 3.12. The molecule has 6 N–H and O–H groups in total. The fourth-order valence-electron chi connectivity index (χ4n) is 3.50. The van der Waals surface area contributed by atoms with Crippen molar-refractivity contribution in [1.29, 1.82) is 0 Å². The maximum atomic E-state index is 12.4. The number of carboxylic acids is 2. The zero-order valence-electron chi connectivity index (χ0n) is 18.4. The van der Waals surface area contributed by atoms with Gasteiger partial charge >= 0.3 is 11.9 Å². The van der Waals surface area contributed by atoms with Crippen LogP contribution in [0, 0.1) is 0 Å². The minimum absolute atomic E-state index is 0.0566. The van der Waals surface area contributed by atoms with Crippen LogP contribution in [0.15, 0.2) is 47.3 Å². The molecule has 0 bridgehead atoms. The number of nitrogens with zero attached hydrogens (tertiary/aromatic N) is 2. The van der Waals surface area contributed by atoms with Gasteiger partial charge in [-0.15, -0.1) is 0 Å². The second-order valence-electron chi connectivity index (χ2n) is 7.66. The van der Waals surface area contributed by atoms with Gasteiger partial charge in [-0.25, -0.2) is 9.78 Å². The number of fused-ring (bicyclic) bond motifs is 1. The molecule has 0 fully saturated rings. The number of H-pyrrole nitrogens is 1. The number of nitrogens with one attached hydrogen (secondary N) is 2. The van der Waals surface area contributed by atoms with Crippen molar-refractivity contribution < 1.29 is 24.6 Å². The first-order valence-corrected chi connectivity index (χ1v) is 10.6. The number of carboxylic acid groups (broad SMARTS) is 2. The second-order valence-corrected chi connectivity index (χ2v) is 7.66. The van der Waals surface area contributed by atoms with E-state index in [4.69, 9.17) is 10.8 Å². The number of hydrogen-bond donors (Lipinski definition) is 5. The van der Waals surface area contributed by atoms with Crippen molar-refractivity contribution in [3.05, 3.63) is 63.9 Å². The second kappa shape index (κ2) is 10.5. The molecule has 2 aromatic carbocycles. The number of anilines is 2. The quantitative estimate of drug-likeness (QED) is 0.296. The van der Waals surface area contributed by atoms with E-state index in [0.717, 1.165) is 11.3 Å². The number of rotatable bonds is 10. The number of aromatic nitrogens is 2. The highest BCUT2D eigenvalue weighted by Crippen LogP contribution is 2.20. The first-order valence-electron chi connectivity index (χ1n) is 10.6. The van der Waals surface area contributed by atoms with Crippen molar-refractivity contribution in [2.45, 2.75) is 32.4 Å². The average Bonchev–Trinajstić information content (AvgIpc) is 2.80. The minimum atomic E-state index is -1.30. The molecule has 34 heavy (non-hydrogen) atoms. The number of amides is 1. The van der Waals surface area contributed by atoms with Gasteiger partial charge in [-0.3, -0.25) is 19.4 Å². The number of carbonyl (C=O) groups excluding carboxylic acids is 1. The molecule has 1 aromatic heterocycles. The lowest BCUT2D eigenvalue weighted by Crippen LogP contribution is -2.41. The Kier molecular flexibility index (Phi) is 7.46. The van der Waals surface area contributed by atoms with E-state index >= 15 is 0 Å². The van der Waals surface area contributed by atoms with Gasteiger partial charge in [-0.2, -0.15) is 0 Å². The highest BCUT2D eigenvalue weighted by Gasteiger charge is 2.21. The molecule has 3 aromatic rings. The Hall–Kier alpha value is -4.41. The average molecular weight is 467 g/mol. The largest absolute Gasteiger partial charge is 0.481 e. The van der Waals surface area contributed by atoms with Crippen LogP contribution < -0.4 is 21.5 Å². The van der Waals surface area contributed by atoms with Crippen LogP contribution in [0.4, 0.5) is 11.6 Å². The first kappa shape index (κ1) is 24.2. The SMILES string of the molecule is CCN(Cc1ccc2nc(N)[nH]c(=O)c2c1)c1ccc(C(=O)N[C@@H](CCC(=O)O)C(=O)O)cc1. The lowest BCUT2D eigenvalue weighted by atomic mass is 10.1. The Balaban J connectivity index is 1.72. The molecular weight excluding hydrogens is 442 g/mol. The molecule has 0 radical (unpaired) electrons. The molecule has 0 aliphatic rings. The maximum absolute atomic E-state index is 12.4. The van der Waals surface area contributed by atoms with Gasteiger partial charge in [0, 0.05) is 30.8 Å². The van der Waals surface area contributed by atoms with Crippen LogP contribution in [0.3, 0.4) is 0 Å². The van der Waals surface area contributed by atoms with Crippen molar-refractivity contribution in [3.63, 3.8) is 0 Å². The van der Waals surface area contributed by atoms with Crippen LogP contribution in [0.5, 0.6) is 0 Å². The van der Waals surface area contributed by atoms with E-state index in [1.54, 1.807) is 36.4 Å². The zero-order chi connectivity index (χ0) is 24.8. The van der Waals surface area contributed by atoms with Crippen LogP contribution in [0.1, 0.15) is 35.7 Å². The fraction of sp³-hybridized carbons (Fsp3) is 0.261. The maximum Gasteiger partial charge on any atom is 0.326 e. The van der Waals surface area contributed by atoms with E-state index in [9.17, 15) is 24.3 Å². The lowest BCUT2D eigenvalue weighted by molar-refractivity contribution is -0.140. The molecule has 3 rings (SSSR count). The van der Waals surface area contributed by atoms with E-state index < -0.39 is 23.9 Å². The fourth-order valence-corrected chi connectivity index (χ4v) is 3.50. The molecule has 1 atom stereocenters. The Labute approximate surface area is 194 Å². The van der Waals surface area contributed by atoms with Crippen LogP contribution in [0.2, 0.25) is 0 Å². The number of hydrogen-bond acceptors (Lipinski definition) is 7. The molecule has 178 valence electrons. The molecule has 0 aliphatic heterocycles. The summed E-state index contributed by atoms with van der Waals surface area (Å²) in [7, 11) is 0. The highest BCUT2D eigenvalue weighted by atomic mass is 16.4. The number of nitrogen functional groups attached to an aromatic ring is 1. The van der Waals surface area contributed by atoms with Gasteiger partial charge in [-0.1, -0.05) is 6.07 Å².